The van der Waals surface area contributed by atoms with Gasteiger partial charge in [-0.2, -0.15) is 0 Å². The summed E-state index contributed by atoms with van der Waals surface area (Å²) in [5.74, 6) is 0. The minimum Gasteiger partial charge on any atom is -0.388 e. The number of rotatable bonds is 3. The predicted molar refractivity (Wildman–Crippen MR) is 76.7 cm³/mol. The van der Waals surface area contributed by atoms with Gasteiger partial charge in [-0.1, -0.05) is 48.7 Å². The molecule has 0 aromatic heterocycles. The molecule has 1 aromatic carbocycles. The van der Waals surface area contributed by atoms with E-state index in [0.717, 1.165) is 19.3 Å². The number of aliphatic hydroxyl groups excluding tert-OH is 1. The molecule has 1 heteroatoms. The van der Waals surface area contributed by atoms with Crippen molar-refractivity contribution in [2.75, 3.05) is 0 Å². The Balaban J connectivity index is 1.97. The second-order valence-corrected chi connectivity index (χ2v) is 5.44. The number of hydrogen-bond donors (Lipinski definition) is 1. The van der Waals surface area contributed by atoms with Crippen LogP contribution in [0.25, 0.3) is 0 Å². The molecule has 1 aromatic rings. The third kappa shape index (κ3) is 3.99. The summed E-state index contributed by atoms with van der Waals surface area (Å²) in [6.45, 7) is 2.09. The van der Waals surface area contributed by atoms with Crippen molar-refractivity contribution < 1.29 is 5.11 Å². The van der Waals surface area contributed by atoms with Crippen LogP contribution in [0.2, 0.25) is 0 Å². The van der Waals surface area contributed by atoms with E-state index in [0.29, 0.717) is 0 Å². The van der Waals surface area contributed by atoms with Gasteiger partial charge in [0.25, 0.3) is 0 Å². The topological polar surface area (TPSA) is 20.2 Å². The number of aryl methyl sites for hydroxylation is 1. The molecule has 0 radical (unpaired) electrons. The molecule has 1 N–H and O–H groups in total. The fourth-order valence-electron chi connectivity index (χ4n) is 2.60. The van der Waals surface area contributed by atoms with Gasteiger partial charge in [-0.25, -0.2) is 0 Å². The molecule has 0 spiro atoms. The molecule has 0 aliphatic heterocycles. The molecule has 1 unspecified atom stereocenters. The lowest BCUT2D eigenvalue weighted by molar-refractivity contribution is 0.205. The van der Waals surface area contributed by atoms with E-state index in [1.807, 2.05) is 0 Å². The lowest BCUT2D eigenvalue weighted by Gasteiger charge is -2.17. The number of allylic oxidation sites excluding steroid dienone is 1. The molecular formula is C17H24O. The van der Waals surface area contributed by atoms with Gasteiger partial charge < -0.3 is 5.11 Å². The maximum Gasteiger partial charge on any atom is 0.0790 e. The summed E-state index contributed by atoms with van der Waals surface area (Å²) in [5, 5.41) is 10.3. The van der Waals surface area contributed by atoms with Crippen molar-refractivity contribution in [1.29, 1.82) is 0 Å². The summed E-state index contributed by atoms with van der Waals surface area (Å²) in [6.07, 6.45) is 10.1. The molecule has 18 heavy (non-hydrogen) atoms. The molecule has 98 valence electrons. The Morgan fingerprint density at radius 3 is 2.56 bits per heavy atom. The molecule has 0 bridgehead atoms. The Kier molecular flexibility index (Phi) is 5.00. The Morgan fingerprint density at radius 2 is 1.78 bits per heavy atom. The molecular weight excluding hydrogens is 220 g/mol. The minimum absolute atomic E-state index is 0.286. The van der Waals surface area contributed by atoms with Gasteiger partial charge in [0.1, 0.15) is 0 Å². The third-order valence-corrected chi connectivity index (χ3v) is 3.80. The summed E-state index contributed by atoms with van der Waals surface area (Å²) in [5.41, 5.74) is 3.77. The highest BCUT2D eigenvalue weighted by atomic mass is 16.3. The van der Waals surface area contributed by atoms with E-state index in [2.05, 4.69) is 37.3 Å². The van der Waals surface area contributed by atoms with Crippen molar-refractivity contribution in [3.63, 3.8) is 0 Å². The van der Waals surface area contributed by atoms with E-state index >= 15 is 0 Å². The highest BCUT2D eigenvalue weighted by Crippen LogP contribution is 2.21. The number of aliphatic hydroxyl groups is 1. The van der Waals surface area contributed by atoms with Crippen molar-refractivity contribution in [3.05, 3.63) is 47.0 Å². The molecule has 1 aliphatic rings. The quantitative estimate of drug-likeness (QED) is 0.791. The molecule has 1 atom stereocenters. The fourth-order valence-corrected chi connectivity index (χ4v) is 2.60. The van der Waals surface area contributed by atoms with Gasteiger partial charge in [0.05, 0.1) is 6.10 Å². The van der Waals surface area contributed by atoms with Crippen LogP contribution in [-0.4, -0.2) is 11.2 Å². The third-order valence-electron chi connectivity index (χ3n) is 3.80. The lowest BCUT2D eigenvalue weighted by atomic mass is 9.93. The van der Waals surface area contributed by atoms with E-state index in [9.17, 15) is 5.11 Å². The Morgan fingerprint density at radius 1 is 1.06 bits per heavy atom. The smallest absolute Gasteiger partial charge is 0.0790 e. The first-order valence-electron chi connectivity index (χ1n) is 7.18. The maximum absolute atomic E-state index is 10.3. The van der Waals surface area contributed by atoms with Crippen LogP contribution in [0.3, 0.4) is 0 Å². The van der Waals surface area contributed by atoms with Crippen LogP contribution in [0.1, 0.15) is 49.7 Å². The average Bonchev–Trinajstić information content (AvgIpc) is 2.31. The molecule has 0 amide bonds. The van der Waals surface area contributed by atoms with Crippen molar-refractivity contribution in [3.8, 4) is 0 Å². The second kappa shape index (κ2) is 6.75. The SMILES string of the molecule is Cc1ccc(CC(O)/C2=C/CCCCCC2)cc1. The van der Waals surface area contributed by atoms with Gasteiger partial charge in [-0.15, -0.1) is 0 Å². The van der Waals surface area contributed by atoms with Crippen LogP contribution in [0, 0.1) is 6.92 Å². The lowest BCUT2D eigenvalue weighted by Crippen LogP contribution is -2.14. The van der Waals surface area contributed by atoms with Crippen LogP contribution in [-0.2, 0) is 6.42 Å². The fraction of sp³-hybridized carbons (Fsp3) is 0.529. The van der Waals surface area contributed by atoms with Crippen molar-refractivity contribution in [2.24, 2.45) is 0 Å². The first-order chi connectivity index (χ1) is 8.75. The average molecular weight is 244 g/mol. The van der Waals surface area contributed by atoms with Crippen LogP contribution >= 0.6 is 0 Å². The van der Waals surface area contributed by atoms with Crippen LogP contribution in [0.15, 0.2) is 35.9 Å². The Bertz CT molecular complexity index is 389. The highest BCUT2D eigenvalue weighted by molar-refractivity contribution is 5.24. The van der Waals surface area contributed by atoms with Gasteiger partial charge in [0, 0.05) is 6.42 Å². The Labute approximate surface area is 111 Å². The zero-order valence-electron chi connectivity index (χ0n) is 11.4. The summed E-state index contributed by atoms with van der Waals surface area (Å²) in [7, 11) is 0. The van der Waals surface area contributed by atoms with Gasteiger partial charge in [-0.3, -0.25) is 0 Å². The van der Waals surface area contributed by atoms with Gasteiger partial charge in [-0.05, 0) is 43.7 Å². The zero-order valence-corrected chi connectivity index (χ0v) is 11.4. The standard InChI is InChI=1S/C17H24O/c1-14-9-11-15(12-10-14)13-17(18)16-7-5-3-2-4-6-8-16/h7,9-12,17-18H,2-6,8,13H2,1H3/b16-7+. The van der Waals surface area contributed by atoms with E-state index in [1.54, 1.807) is 0 Å². The minimum atomic E-state index is -0.286. The van der Waals surface area contributed by atoms with Gasteiger partial charge in [0.15, 0.2) is 0 Å². The summed E-state index contributed by atoms with van der Waals surface area (Å²) in [4.78, 5) is 0. The Hall–Kier alpha value is -1.08. The normalized spacial score (nSPS) is 21.6. The monoisotopic (exact) mass is 244 g/mol. The van der Waals surface area contributed by atoms with Crippen molar-refractivity contribution in [2.45, 2.75) is 58.0 Å². The maximum atomic E-state index is 10.3. The van der Waals surface area contributed by atoms with Gasteiger partial charge in [0.2, 0.25) is 0 Å². The van der Waals surface area contributed by atoms with E-state index in [1.165, 1.54) is 42.4 Å². The zero-order chi connectivity index (χ0) is 12.8. The second-order valence-electron chi connectivity index (χ2n) is 5.44. The molecule has 0 saturated heterocycles. The summed E-state index contributed by atoms with van der Waals surface area (Å²) < 4.78 is 0. The molecule has 1 aliphatic carbocycles. The van der Waals surface area contributed by atoms with Crippen LogP contribution < -0.4 is 0 Å². The number of hydrogen-bond acceptors (Lipinski definition) is 1. The van der Waals surface area contributed by atoms with E-state index in [4.69, 9.17) is 0 Å². The molecule has 0 fully saturated rings. The first-order valence-corrected chi connectivity index (χ1v) is 7.18. The molecule has 1 nitrogen and oxygen atoms in total. The van der Waals surface area contributed by atoms with E-state index in [-0.39, 0.29) is 6.10 Å². The number of benzene rings is 1. The molecule has 0 heterocycles. The van der Waals surface area contributed by atoms with Crippen molar-refractivity contribution >= 4 is 0 Å². The summed E-state index contributed by atoms with van der Waals surface area (Å²) in [6, 6.07) is 8.49. The highest BCUT2D eigenvalue weighted by Gasteiger charge is 2.12. The molecule has 0 saturated carbocycles. The van der Waals surface area contributed by atoms with Crippen LogP contribution in [0.4, 0.5) is 0 Å². The summed E-state index contributed by atoms with van der Waals surface area (Å²) >= 11 is 0. The largest absolute Gasteiger partial charge is 0.388 e. The molecule has 2 rings (SSSR count). The first kappa shape index (κ1) is 13.4. The van der Waals surface area contributed by atoms with Crippen LogP contribution in [0.5, 0.6) is 0 Å². The van der Waals surface area contributed by atoms with Crippen molar-refractivity contribution in [1.82, 2.24) is 0 Å². The van der Waals surface area contributed by atoms with E-state index < -0.39 is 0 Å². The predicted octanol–water partition coefficient (Wildman–Crippen LogP) is 4.18. The van der Waals surface area contributed by atoms with Gasteiger partial charge >= 0.3 is 0 Å².